The lowest BCUT2D eigenvalue weighted by atomic mass is 9.87. The van der Waals surface area contributed by atoms with E-state index < -0.39 is 66.3 Å². The summed E-state index contributed by atoms with van der Waals surface area (Å²) >= 11 is 6.47. The van der Waals surface area contributed by atoms with Gasteiger partial charge in [0, 0.05) is 102 Å². The lowest BCUT2D eigenvalue weighted by molar-refractivity contribution is -0.140. The van der Waals surface area contributed by atoms with Gasteiger partial charge in [-0.2, -0.15) is 10.2 Å². The number of carbonyl (C=O) groups is 8. The second-order valence-corrected chi connectivity index (χ2v) is 40.8. The summed E-state index contributed by atoms with van der Waals surface area (Å²) in [5.74, 6) is -1.33. The van der Waals surface area contributed by atoms with E-state index in [1.807, 2.05) is 197 Å². The van der Waals surface area contributed by atoms with Gasteiger partial charge in [0.1, 0.15) is 5.82 Å². The number of hydrogen-bond donors (Lipinski definition) is 5. The minimum Gasteiger partial charge on any atom is -0.391 e. The number of Topliss-reactive ketones (excluding diaryl/α,β-unsaturated/α-hetero) is 4. The molecule has 0 saturated carbocycles. The van der Waals surface area contributed by atoms with Gasteiger partial charge in [-0.25, -0.2) is 24.9 Å². The first-order valence-corrected chi connectivity index (χ1v) is 50.6. The van der Waals surface area contributed by atoms with Crippen LogP contribution in [0.2, 0.25) is 0 Å². The van der Waals surface area contributed by atoms with E-state index in [-0.39, 0.29) is 109 Å². The number of aliphatic hydroxyl groups excluding tert-OH is 4. The standard InChI is InChI=1S/C28H32N2O3S.C27H31N3O3S.C26H32N4O3S.C26H30N4O3S/c1-18(2)26(21-7-5-4-6-8-21)28(33)30-16-23(31)15-24(30)25(32)14-11-20-9-12-22(13-10-20)27-19(3)29-17-34-27;1-17(2)25(22-6-4-5-13-28-22)27(33)30-15-21(31)14-23(30)24(32)12-9-19-7-10-20(11-8-19)26-18(3)29-16-34-26;1-15(2)24(21-12-27-17(4)29-21)26(33)30-13-20(31)11-22(30)23(32)10-7-18-5-8-19(9-6-18)25-16(3)28-14-34-25;1-16(2)24(21-5-4-12-28-29-21)26(33)30-14-20(31)13-22(30)23(32)11-8-18-6-9-19(10-7-18)25-17(3)27-15-34-25/h4-10,12-13,17-18,23-24,26,31H,11,14-16H2,1-3H3;4-8,10-11,13,16-17,21,23,25,31H,9,12,14-15H2,1-3H3;5-6,8-9,12,14-15,20,22,24,31H,7,10-11,13H2,1-4H3,(H,27,29);4-7,9-10,12,15-16,20,22,24,31H,8,11,13-14H2,1-3H3/t23-,24+,26-;21-,23+,25-;2*20-,22+,24-/m1111/s1. The third-order valence-electron chi connectivity index (χ3n) is 26.1. The van der Waals surface area contributed by atoms with Gasteiger partial charge < -0.3 is 45.0 Å². The molecule has 136 heavy (non-hydrogen) atoms. The lowest BCUT2D eigenvalue weighted by Gasteiger charge is -2.30. The topological polar surface area (TPSA) is 349 Å². The number of aryl methyl sites for hydroxylation is 9. The molecular weight excluding hydrogens is 1790 g/mol. The molecule has 4 aliphatic heterocycles. The van der Waals surface area contributed by atoms with Gasteiger partial charge in [0.05, 0.1) is 148 Å². The van der Waals surface area contributed by atoms with Crippen LogP contribution in [0.25, 0.3) is 41.8 Å². The minimum absolute atomic E-state index is 0.00388. The molecule has 0 bridgehead atoms. The summed E-state index contributed by atoms with van der Waals surface area (Å²) in [4.78, 5) is 147. The van der Waals surface area contributed by atoms with Crippen LogP contribution in [0.15, 0.2) is 198 Å². The maximum absolute atomic E-state index is 13.6. The number of aromatic nitrogens is 9. The Kier molecular flexibility index (Phi) is 35.6. The van der Waals surface area contributed by atoms with Crippen molar-refractivity contribution >= 4 is 92.1 Å². The fraction of sp³-hybridized carbons (Fsp3) is 0.421. The average molecular weight is 1910 g/mol. The summed E-state index contributed by atoms with van der Waals surface area (Å²) in [6, 6.07) is 49.3. The van der Waals surface area contributed by atoms with E-state index in [1.165, 1.54) is 0 Å². The van der Waals surface area contributed by atoms with Crippen molar-refractivity contribution in [1.82, 2.24) is 64.7 Å². The van der Waals surface area contributed by atoms with Crippen LogP contribution in [0.5, 0.6) is 0 Å². The van der Waals surface area contributed by atoms with Gasteiger partial charge >= 0.3 is 0 Å². The molecule has 11 heterocycles. The zero-order valence-electron chi connectivity index (χ0n) is 79.7. The number of rotatable bonds is 32. The number of nitrogens with zero attached hydrogens (tertiary/aromatic N) is 12. The number of carbonyl (C=O) groups excluding carboxylic acids is 8. The largest absolute Gasteiger partial charge is 0.391 e. The number of hydrogen-bond acceptors (Lipinski definition) is 24. The van der Waals surface area contributed by atoms with E-state index in [1.54, 1.807) is 95.7 Å². The molecule has 16 rings (SSSR count). The summed E-state index contributed by atoms with van der Waals surface area (Å²) in [5.41, 5.74) is 23.2. The smallest absolute Gasteiger partial charge is 0.232 e. The predicted octanol–water partition coefficient (Wildman–Crippen LogP) is 17.3. The monoisotopic (exact) mass is 1910 g/mol. The first-order valence-electron chi connectivity index (χ1n) is 47.1. The molecule has 29 heteroatoms. The quantitative estimate of drug-likeness (QED) is 0.0261. The van der Waals surface area contributed by atoms with E-state index in [2.05, 4.69) is 106 Å². The minimum atomic E-state index is -0.700. The van der Waals surface area contributed by atoms with Crippen molar-refractivity contribution in [2.24, 2.45) is 23.7 Å². The first kappa shape index (κ1) is 102. The van der Waals surface area contributed by atoms with Crippen LogP contribution < -0.4 is 0 Å². The third kappa shape index (κ3) is 25.6. The van der Waals surface area contributed by atoms with Crippen molar-refractivity contribution in [3.05, 3.63) is 272 Å². The number of H-pyrrole nitrogens is 1. The van der Waals surface area contributed by atoms with Gasteiger partial charge in [0.2, 0.25) is 23.6 Å². The lowest BCUT2D eigenvalue weighted by Crippen LogP contribution is -2.44. The van der Waals surface area contributed by atoms with E-state index in [0.29, 0.717) is 82.0 Å². The van der Waals surface area contributed by atoms with Gasteiger partial charge in [-0.15, -0.1) is 45.3 Å². The molecule has 0 unspecified atom stereocenters. The fourth-order valence-electron chi connectivity index (χ4n) is 18.9. The molecule has 25 nitrogen and oxygen atoms in total. The maximum atomic E-state index is 13.6. The Morgan fingerprint density at radius 2 is 0.647 bits per heavy atom. The summed E-state index contributed by atoms with van der Waals surface area (Å²) in [6.07, 6.45) is 7.12. The molecule has 4 aliphatic rings. The van der Waals surface area contributed by atoms with Crippen molar-refractivity contribution in [2.45, 2.75) is 239 Å². The van der Waals surface area contributed by atoms with Crippen molar-refractivity contribution in [1.29, 1.82) is 0 Å². The number of aliphatic hydroxyl groups is 4. The summed E-state index contributed by atoms with van der Waals surface area (Å²) in [7, 11) is 0. The summed E-state index contributed by atoms with van der Waals surface area (Å²) < 4.78 is 0. The number of thiazole rings is 4. The van der Waals surface area contributed by atoms with Crippen LogP contribution in [0.3, 0.4) is 0 Å². The number of benzene rings is 5. The van der Waals surface area contributed by atoms with Gasteiger partial charge in [0.25, 0.3) is 0 Å². The highest BCUT2D eigenvalue weighted by Gasteiger charge is 2.47. The van der Waals surface area contributed by atoms with E-state index in [0.717, 1.165) is 104 Å². The molecule has 714 valence electrons. The molecule has 4 saturated heterocycles. The number of β-amino-alcohol motifs (C(OH)–C–C–N with tert-alkyl or cyclic N) is 4. The number of amides is 4. The molecule has 0 radical (unpaired) electrons. The second-order valence-electron chi connectivity index (χ2n) is 37.4. The summed E-state index contributed by atoms with van der Waals surface area (Å²) in [6.45, 7) is 26.5. The average Bonchev–Trinajstić information content (AvgIpc) is 1.68. The highest BCUT2D eigenvalue weighted by molar-refractivity contribution is 7.14. The van der Waals surface area contributed by atoms with E-state index >= 15 is 0 Å². The number of imidazole rings is 1. The number of ketones is 4. The Bertz CT molecular complexity index is 5550. The van der Waals surface area contributed by atoms with E-state index in [4.69, 9.17) is 0 Å². The maximum Gasteiger partial charge on any atom is 0.232 e. The molecule has 12 atom stereocenters. The number of nitrogens with one attached hydrogen (secondary N) is 1. The molecule has 0 spiro atoms. The molecule has 5 N–H and O–H groups in total. The zero-order valence-corrected chi connectivity index (χ0v) is 82.9. The van der Waals surface area contributed by atoms with Gasteiger partial charge in [0.15, 0.2) is 23.1 Å². The molecule has 7 aromatic heterocycles. The van der Waals surface area contributed by atoms with Crippen molar-refractivity contribution in [3.63, 3.8) is 0 Å². The molecule has 0 aliphatic carbocycles. The van der Waals surface area contributed by atoms with Crippen molar-refractivity contribution in [2.75, 3.05) is 26.2 Å². The molecule has 4 fully saturated rings. The van der Waals surface area contributed by atoms with Crippen LogP contribution in [0.4, 0.5) is 0 Å². The van der Waals surface area contributed by atoms with Crippen LogP contribution in [-0.4, -0.2) is 207 Å². The normalized spacial score (nSPS) is 18.9. The second kappa shape index (κ2) is 47.5. The molecule has 12 aromatic rings. The Labute approximate surface area is 812 Å². The highest BCUT2D eigenvalue weighted by atomic mass is 32.1. The number of pyridine rings is 1. The first-order chi connectivity index (χ1) is 65.3. The van der Waals surface area contributed by atoms with Crippen LogP contribution in [0.1, 0.15) is 204 Å². The Morgan fingerprint density at radius 3 is 0.919 bits per heavy atom. The molecule has 5 aromatic carbocycles. The van der Waals surface area contributed by atoms with Crippen molar-refractivity contribution in [3.8, 4) is 41.8 Å². The highest BCUT2D eigenvalue weighted by Crippen LogP contribution is 2.39. The van der Waals surface area contributed by atoms with Crippen LogP contribution in [-0.2, 0) is 64.0 Å². The summed E-state index contributed by atoms with van der Waals surface area (Å²) in [5, 5.41) is 49.3. The fourth-order valence-corrected chi connectivity index (χ4v) is 22.1. The van der Waals surface area contributed by atoms with Gasteiger partial charge in [-0.1, -0.05) is 189 Å². The Hall–Kier alpha value is -11.5. The van der Waals surface area contributed by atoms with Gasteiger partial charge in [-0.05, 0) is 158 Å². The predicted molar refractivity (Wildman–Crippen MR) is 533 cm³/mol. The van der Waals surface area contributed by atoms with Crippen molar-refractivity contribution < 1.29 is 58.8 Å². The Morgan fingerprint density at radius 1 is 0.346 bits per heavy atom. The van der Waals surface area contributed by atoms with Gasteiger partial charge in [-0.3, -0.25) is 43.3 Å². The van der Waals surface area contributed by atoms with Crippen LogP contribution in [0, 0.1) is 58.3 Å². The molecular formula is C107H125N13O12S4. The zero-order chi connectivity index (χ0) is 97.1. The number of likely N-dealkylation sites (tertiary alicyclic amines) is 4. The number of aromatic amines is 1. The Balaban J connectivity index is 0.000000153. The third-order valence-corrected chi connectivity index (χ3v) is 30.0. The van der Waals surface area contributed by atoms with E-state index in [9.17, 15) is 58.8 Å². The molecule has 4 amide bonds. The SMILES string of the molecule is Cc1ncc([C@H](C(=O)N2C[C@H](O)C[C@H]2C(=O)CCc2ccc(-c3scnc3C)cc2)C(C)C)[nH]1.Cc1ncsc1-c1ccc(CCC(=O)[C@@H]2C[C@@H](O)CN2C(=O)[C@@H](c2ccccc2)C(C)C)cc1.Cc1ncsc1-c1ccc(CCC(=O)[C@@H]2C[C@@H](O)CN2C(=O)[C@@H](c2ccccn2)C(C)C)cc1.Cc1ncsc1-c1ccc(CCC(=O)[C@@H]2C[C@@H](O)CN2C(=O)[C@@H](c2cccnn2)C(C)C)cc1. The van der Waals surface area contributed by atoms with Crippen LogP contribution >= 0.6 is 45.3 Å².